The summed E-state index contributed by atoms with van der Waals surface area (Å²) in [6.45, 7) is 4.32. The van der Waals surface area contributed by atoms with Crippen molar-refractivity contribution < 1.29 is 14.3 Å². The summed E-state index contributed by atoms with van der Waals surface area (Å²) in [6, 6.07) is 0. The third-order valence-electron chi connectivity index (χ3n) is 2.07. The van der Waals surface area contributed by atoms with Crippen molar-refractivity contribution in [1.82, 2.24) is 0 Å². The first-order valence-corrected chi connectivity index (χ1v) is 7.11. The molecule has 0 aromatic rings. The second-order valence-electron chi connectivity index (χ2n) is 3.60. The van der Waals surface area contributed by atoms with Gasteiger partial charge in [-0.05, 0) is 19.1 Å². The molecule has 0 aromatic heterocycles. The molecule has 0 atom stereocenters. The zero-order valence-electron chi connectivity index (χ0n) is 10.3. The lowest BCUT2D eigenvalue weighted by Gasteiger charge is -2.02. The highest BCUT2D eigenvalue weighted by atomic mass is 32.2. The highest BCUT2D eigenvalue weighted by Gasteiger charge is 2.07. The van der Waals surface area contributed by atoms with Crippen molar-refractivity contribution in [1.29, 1.82) is 0 Å². The molecule has 0 N–H and O–H groups in total. The molecule has 0 saturated heterocycles. The molecule has 0 aliphatic rings. The number of carbonyl (C=O) groups excluding carboxylic acids is 2. The van der Waals surface area contributed by atoms with Crippen LogP contribution in [0.1, 0.15) is 46.0 Å². The molecule has 0 amide bonds. The van der Waals surface area contributed by atoms with E-state index in [-0.39, 0.29) is 18.2 Å². The molecule has 4 heteroatoms. The van der Waals surface area contributed by atoms with Crippen LogP contribution in [0.5, 0.6) is 0 Å². The first-order chi connectivity index (χ1) is 7.70. The monoisotopic (exact) mass is 246 g/mol. The summed E-state index contributed by atoms with van der Waals surface area (Å²) in [5.41, 5.74) is 0. The van der Waals surface area contributed by atoms with Gasteiger partial charge in [0.1, 0.15) is 5.78 Å². The Kier molecular flexibility index (Phi) is 10.6. The van der Waals surface area contributed by atoms with Gasteiger partial charge in [-0.3, -0.25) is 9.59 Å². The van der Waals surface area contributed by atoms with E-state index in [4.69, 9.17) is 4.74 Å². The van der Waals surface area contributed by atoms with Gasteiger partial charge in [0.15, 0.2) is 0 Å². The number of ether oxygens (including phenoxy) is 1. The van der Waals surface area contributed by atoms with E-state index >= 15 is 0 Å². The van der Waals surface area contributed by atoms with Crippen LogP contribution in [0.15, 0.2) is 0 Å². The lowest BCUT2D eigenvalue weighted by Crippen LogP contribution is -2.09. The lowest BCUT2D eigenvalue weighted by molar-refractivity contribution is -0.144. The fourth-order valence-electron chi connectivity index (χ4n) is 1.19. The zero-order valence-corrected chi connectivity index (χ0v) is 11.1. The molecule has 0 aliphatic carbocycles. The van der Waals surface area contributed by atoms with E-state index < -0.39 is 0 Å². The maximum absolute atomic E-state index is 11.4. The van der Waals surface area contributed by atoms with Gasteiger partial charge in [0.25, 0.3) is 0 Å². The van der Waals surface area contributed by atoms with Crippen LogP contribution in [0.4, 0.5) is 0 Å². The number of carbonyl (C=O) groups is 2. The van der Waals surface area contributed by atoms with Gasteiger partial charge in [-0.2, -0.15) is 11.8 Å². The molecular formula is C12H22O3S. The zero-order chi connectivity index (χ0) is 12.2. The Hall–Kier alpha value is -0.510. The van der Waals surface area contributed by atoms with Crippen molar-refractivity contribution in [2.45, 2.75) is 46.0 Å². The van der Waals surface area contributed by atoms with Crippen molar-refractivity contribution in [2.24, 2.45) is 0 Å². The normalized spacial score (nSPS) is 10.1. The van der Waals surface area contributed by atoms with E-state index in [1.165, 1.54) is 19.3 Å². The van der Waals surface area contributed by atoms with Crippen LogP contribution in [-0.4, -0.2) is 29.9 Å². The third-order valence-corrected chi connectivity index (χ3v) is 3.17. The number of esters is 1. The SMILES string of the molecule is CCCCCSCC(=O)CCC(=O)OCC. The Morgan fingerprint density at radius 2 is 1.88 bits per heavy atom. The molecule has 0 aliphatic heterocycles. The molecule has 0 heterocycles. The van der Waals surface area contributed by atoms with Crippen molar-refractivity contribution >= 4 is 23.5 Å². The van der Waals surface area contributed by atoms with E-state index in [9.17, 15) is 9.59 Å². The summed E-state index contributed by atoms with van der Waals surface area (Å²) in [6.07, 6.45) is 4.15. The Bertz CT molecular complexity index is 204. The second kappa shape index (κ2) is 11.0. The average Bonchev–Trinajstić information content (AvgIpc) is 2.26. The lowest BCUT2D eigenvalue weighted by atomic mass is 10.2. The van der Waals surface area contributed by atoms with E-state index in [0.717, 1.165) is 5.75 Å². The molecule has 16 heavy (non-hydrogen) atoms. The van der Waals surface area contributed by atoms with Crippen LogP contribution in [0.3, 0.4) is 0 Å². The van der Waals surface area contributed by atoms with Crippen LogP contribution >= 0.6 is 11.8 Å². The highest BCUT2D eigenvalue weighted by molar-refractivity contribution is 7.99. The molecule has 0 saturated carbocycles. The van der Waals surface area contributed by atoms with Crippen LogP contribution in [0.25, 0.3) is 0 Å². The molecule has 0 spiro atoms. The van der Waals surface area contributed by atoms with Crippen LogP contribution in [0, 0.1) is 0 Å². The molecule has 0 radical (unpaired) electrons. The minimum absolute atomic E-state index is 0.148. The van der Waals surface area contributed by atoms with Gasteiger partial charge in [-0.25, -0.2) is 0 Å². The summed E-state index contributed by atoms with van der Waals surface area (Å²) < 4.78 is 4.75. The Labute approximate surface area is 102 Å². The third kappa shape index (κ3) is 10.0. The Balaban J connectivity index is 3.34. The standard InChI is InChI=1S/C12H22O3S/c1-3-5-6-9-16-10-11(13)7-8-12(14)15-4-2/h3-10H2,1-2H3. The van der Waals surface area contributed by atoms with Gasteiger partial charge in [0, 0.05) is 6.42 Å². The molecule has 0 bridgehead atoms. The largest absolute Gasteiger partial charge is 0.466 e. The van der Waals surface area contributed by atoms with E-state index in [1.54, 1.807) is 18.7 Å². The number of hydrogen-bond acceptors (Lipinski definition) is 4. The fraction of sp³-hybridized carbons (Fsp3) is 0.833. The van der Waals surface area contributed by atoms with Crippen LogP contribution < -0.4 is 0 Å². The number of Topliss-reactive ketones (excluding diaryl/α,β-unsaturated/α-hetero) is 1. The van der Waals surface area contributed by atoms with Gasteiger partial charge in [-0.15, -0.1) is 0 Å². The first-order valence-electron chi connectivity index (χ1n) is 5.95. The quantitative estimate of drug-likeness (QED) is 0.439. The van der Waals surface area contributed by atoms with Gasteiger partial charge >= 0.3 is 5.97 Å². The number of thioether (sulfide) groups is 1. The van der Waals surface area contributed by atoms with Gasteiger partial charge < -0.3 is 4.74 Å². The first kappa shape index (κ1) is 15.5. The van der Waals surface area contributed by atoms with Crippen molar-refractivity contribution in [3.63, 3.8) is 0 Å². The predicted octanol–water partition coefficient (Wildman–Crippen LogP) is 2.82. The minimum atomic E-state index is -0.271. The Morgan fingerprint density at radius 1 is 1.12 bits per heavy atom. The number of ketones is 1. The summed E-state index contributed by atoms with van der Waals surface area (Å²) in [5.74, 6) is 1.45. The van der Waals surface area contributed by atoms with Crippen LogP contribution in [0.2, 0.25) is 0 Å². The molecule has 3 nitrogen and oxygen atoms in total. The van der Waals surface area contributed by atoms with E-state index in [2.05, 4.69) is 6.92 Å². The summed E-state index contributed by atoms with van der Waals surface area (Å²) in [4.78, 5) is 22.3. The molecule has 0 rings (SSSR count). The van der Waals surface area contributed by atoms with Gasteiger partial charge in [0.05, 0.1) is 18.8 Å². The predicted molar refractivity (Wildman–Crippen MR) is 67.7 cm³/mol. The van der Waals surface area contributed by atoms with Gasteiger partial charge in [0.2, 0.25) is 0 Å². The second-order valence-corrected chi connectivity index (χ2v) is 4.71. The van der Waals surface area contributed by atoms with E-state index in [0.29, 0.717) is 18.8 Å². The van der Waals surface area contributed by atoms with E-state index in [1.807, 2.05) is 0 Å². The minimum Gasteiger partial charge on any atom is -0.466 e. The van der Waals surface area contributed by atoms with Gasteiger partial charge in [-0.1, -0.05) is 19.8 Å². The number of hydrogen-bond donors (Lipinski definition) is 0. The fourth-order valence-corrected chi connectivity index (χ4v) is 2.11. The highest BCUT2D eigenvalue weighted by Crippen LogP contribution is 2.08. The molecular weight excluding hydrogens is 224 g/mol. The maximum atomic E-state index is 11.4. The average molecular weight is 246 g/mol. The molecule has 94 valence electrons. The number of unbranched alkanes of at least 4 members (excludes halogenated alkanes) is 2. The summed E-state index contributed by atoms with van der Waals surface area (Å²) >= 11 is 1.66. The van der Waals surface area contributed by atoms with Crippen molar-refractivity contribution in [3.05, 3.63) is 0 Å². The summed E-state index contributed by atoms with van der Waals surface area (Å²) in [5, 5.41) is 0. The maximum Gasteiger partial charge on any atom is 0.306 e. The van der Waals surface area contributed by atoms with Crippen molar-refractivity contribution in [2.75, 3.05) is 18.1 Å². The topological polar surface area (TPSA) is 43.4 Å². The molecule has 0 unspecified atom stereocenters. The summed E-state index contributed by atoms with van der Waals surface area (Å²) in [7, 11) is 0. The van der Waals surface area contributed by atoms with Crippen LogP contribution in [-0.2, 0) is 14.3 Å². The number of rotatable bonds is 10. The van der Waals surface area contributed by atoms with Crippen molar-refractivity contribution in [3.8, 4) is 0 Å². The Morgan fingerprint density at radius 3 is 2.50 bits per heavy atom. The smallest absolute Gasteiger partial charge is 0.306 e. The molecule has 0 aromatic carbocycles. The molecule has 0 fully saturated rings.